The molecule has 206 valence electrons. The van der Waals surface area contributed by atoms with Crippen LogP contribution in [-0.2, 0) is 16.0 Å². The Hall–Kier alpha value is -2.87. The number of amides is 1. The van der Waals surface area contributed by atoms with Crippen molar-refractivity contribution in [1.82, 2.24) is 14.7 Å². The first-order valence-electron chi connectivity index (χ1n) is 15.1. The molecule has 4 unspecified atom stereocenters. The number of carbonyl (C=O) groups is 1. The van der Waals surface area contributed by atoms with Crippen LogP contribution in [0.25, 0.3) is 0 Å². The van der Waals surface area contributed by atoms with Gasteiger partial charge in [-0.05, 0) is 87.2 Å². The second-order valence-electron chi connectivity index (χ2n) is 12.8. The van der Waals surface area contributed by atoms with Crippen LogP contribution < -0.4 is 4.90 Å². The molecule has 1 amide bonds. The van der Waals surface area contributed by atoms with Gasteiger partial charge in [0.25, 0.3) is 0 Å². The summed E-state index contributed by atoms with van der Waals surface area (Å²) in [5.74, 6) is 3.18. The molecule has 5 aliphatic heterocycles. The van der Waals surface area contributed by atoms with Gasteiger partial charge < -0.3 is 24.3 Å². The maximum atomic E-state index is 12.4. The van der Waals surface area contributed by atoms with Crippen LogP contribution >= 0.6 is 0 Å². The van der Waals surface area contributed by atoms with Gasteiger partial charge >= 0.3 is 6.02 Å². The number of likely N-dealkylation sites (N-methyl/N-ethyl adjacent to an activating group) is 1. The molecule has 1 saturated carbocycles. The van der Waals surface area contributed by atoms with Crippen molar-refractivity contribution in [1.29, 1.82) is 0 Å². The lowest BCUT2D eigenvalue weighted by molar-refractivity contribution is -0.129. The van der Waals surface area contributed by atoms with E-state index in [0.29, 0.717) is 30.6 Å². The highest BCUT2D eigenvalue weighted by atomic mass is 16.5. The van der Waals surface area contributed by atoms with Gasteiger partial charge in [-0.25, -0.2) is 4.99 Å². The van der Waals surface area contributed by atoms with Crippen LogP contribution in [0, 0.1) is 11.8 Å². The summed E-state index contributed by atoms with van der Waals surface area (Å²) in [6.07, 6.45) is 8.53. The Morgan fingerprint density at radius 2 is 2.05 bits per heavy atom. The number of carbonyl (C=O) groups excluding carboxylic acids is 1. The standard InChI is InChI=1S/C31H40N6O2/c1-3-28(38)36-13-10-25-27(36)17-37(25)30-22-9-12-35(26-8-4-6-19-14-20-15-23(20)29(19)26)16-24(22)32-31(33-30)39-18-21-7-5-11-34(21)2/h3-4,6,8,20-25,27H,1,5,7,9-18H2,2H3/t20?,21-,22?,23?,24?,25+,27+/m0/s1. The zero-order valence-corrected chi connectivity index (χ0v) is 23.0. The largest absolute Gasteiger partial charge is 0.462 e. The molecule has 39 heavy (non-hydrogen) atoms. The van der Waals surface area contributed by atoms with Crippen LogP contribution in [0.15, 0.2) is 40.8 Å². The van der Waals surface area contributed by atoms with Crippen molar-refractivity contribution in [3.05, 3.63) is 42.0 Å². The molecule has 7 aliphatic rings. The topological polar surface area (TPSA) is 64.0 Å². The monoisotopic (exact) mass is 528 g/mol. The molecule has 0 N–H and O–H groups in total. The summed E-state index contributed by atoms with van der Waals surface area (Å²) >= 11 is 0. The van der Waals surface area contributed by atoms with E-state index in [1.165, 1.54) is 37.4 Å². The van der Waals surface area contributed by atoms with Gasteiger partial charge in [0.2, 0.25) is 5.91 Å². The molecule has 0 radical (unpaired) electrons. The van der Waals surface area contributed by atoms with E-state index >= 15 is 0 Å². The average Bonchev–Trinajstić information content (AvgIpc) is 3.23. The van der Waals surface area contributed by atoms with E-state index < -0.39 is 0 Å². The Morgan fingerprint density at radius 3 is 2.90 bits per heavy atom. The number of rotatable bonds is 4. The Bertz CT molecular complexity index is 1260. The molecule has 4 saturated heterocycles. The van der Waals surface area contributed by atoms with Crippen molar-refractivity contribution < 1.29 is 9.53 Å². The van der Waals surface area contributed by atoms with Gasteiger partial charge in [-0.1, -0.05) is 18.7 Å². The molecule has 5 fully saturated rings. The van der Waals surface area contributed by atoms with E-state index in [1.54, 1.807) is 11.1 Å². The fraction of sp³-hybridized carbons (Fsp3) is 0.645. The minimum atomic E-state index is 0.0541. The summed E-state index contributed by atoms with van der Waals surface area (Å²) in [7, 11) is 2.19. The molecule has 8 rings (SSSR count). The third-order valence-corrected chi connectivity index (χ3v) is 10.8. The highest BCUT2D eigenvalue weighted by molar-refractivity contribution is 5.99. The molecule has 0 spiro atoms. The van der Waals surface area contributed by atoms with Crippen molar-refractivity contribution in [2.24, 2.45) is 21.8 Å². The number of likely N-dealkylation sites (tertiary alicyclic amines) is 3. The quantitative estimate of drug-likeness (QED) is 0.563. The number of amidine groups is 2. The first-order chi connectivity index (χ1) is 19.1. The van der Waals surface area contributed by atoms with Crippen LogP contribution in [0.3, 0.4) is 0 Å². The van der Waals surface area contributed by atoms with Crippen LogP contribution in [0.5, 0.6) is 0 Å². The van der Waals surface area contributed by atoms with Crippen molar-refractivity contribution in [3.63, 3.8) is 0 Å². The Kier molecular flexibility index (Phi) is 5.58. The highest BCUT2D eigenvalue weighted by Crippen LogP contribution is 2.59. The lowest BCUT2D eigenvalue weighted by Crippen LogP contribution is -2.67. The van der Waals surface area contributed by atoms with Crippen LogP contribution in [0.1, 0.15) is 49.1 Å². The number of hydrogen-bond donors (Lipinski definition) is 0. The van der Waals surface area contributed by atoms with E-state index in [-0.39, 0.29) is 18.0 Å². The van der Waals surface area contributed by atoms with E-state index in [4.69, 9.17) is 14.7 Å². The van der Waals surface area contributed by atoms with Gasteiger partial charge in [-0.15, -0.1) is 0 Å². The number of piperidine rings is 1. The average molecular weight is 529 g/mol. The number of nitrogens with zero attached hydrogens (tertiary/aromatic N) is 6. The smallest absolute Gasteiger partial charge is 0.313 e. The number of anilines is 1. The fourth-order valence-electron chi connectivity index (χ4n) is 8.51. The molecule has 5 heterocycles. The zero-order valence-electron chi connectivity index (χ0n) is 23.0. The number of hydrogen-bond acceptors (Lipinski definition) is 7. The van der Waals surface area contributed by atoms with Gasteiger partial charge in [0.05, 0.1) is 18.1 Å². The predicted octanol–water partition coefficient (Wildman–Crippen LogP) is 2.89. The Balaban J connectivity index is 1.05. The minimum absolute atomic E-state index is 0.0541. The van der Waals surface area contributed by atoms with Gasteiger partial charge in [0, 0.05) is 43.8 Å². The second kappa shape index (κ2) is 9.08. The second-order valence-corrected chi connectivity index (χ2v) is 12.8. The minimum Gasteiger partial charge on any atom is -0.462 e. The number of aliphatic imine (C=N–C) groups is 2. The van der Waals surface area contributed by atoms with Crippen LogP contribution in [0.4, 0.5) is 5.69 Å². The SMILES string of the molecule is C=CC(=O)N1CC[C@@H]2[C@H]1CN2C1=NC(OC[C@@H]2CCCN2C)=NC2CN(c3cccc4c3C3CC3C4)CCC12. The lowest BCUT2D eigenvalue weighted by atomic mass is 9.85. The van der Waals surface area contributed by atoms with Gasteiger partial charge in [0.15, 0.2) is 0 Å². The van der Waals surface area contributed by atoms with Crippen LogP contribution in [-0.4, -0.2) is 103 Å². The molecule has 8 heteroatoms. The number of fused-ring (bicyclic) bond motifs is 5. The molecular formula is C31H40N6O2. The first-order valence-corrected chi connectivity index (χ1v) is 15.1. The normalized spacial score (nSPS) is 36.3. The molecule has 2 aliphatic carbocycles. The molecule has 8 nitrogen and oxygen atoms in total. The van der Waals surface area contributed by atoms with E-state index in [9.17, 15) is 4.79 Å². The predicted molar refractivity (Wildman–Crippen MR) is 152 cm³/mol. The van der Waals surface area contributed by atoms with Gasteiger partial charge in [-0.3, -0.25) is 4.79 Å². The molecule has 0 aromatic heterocycles. The summed E-state index contributed by atoms with van der Waals surface area (Å²) in [5.41, 5.74) is 4.64. The fourth-order valence-corrected chi connectivity index (χ4v) is 8.51. The Labute approximate surface area is 231 Å². The Morgan fingerprint density at radius 1 is 1.13 bits per heavy atom. The highest BCUT2D eigenvalue weighted by Gasteiger charge is 2.53. The summed E-state index contributed by atoms with van der Waals surface area (Å²) in [6, 6.07) is 8.70. The third-order valence-electron chi connectivity index (χ3n) is 10.8. The molecular weight excluding hydrogens is 488 g/mol. The van der Waals surface area contributed by atoms with E-state index in [0.717, 1.165) is 63.2 Å². The van der Waals surface area contributed by atoms with Gasteiger partial charge in [0.1, 0.15) is 12.4 Å². The van der Waals surface area contributed by atoms with E-state index in [2.05, 4.69) is 46.5 Å². The van der Waals surface area contributed by atoms with Crippen molar-refractivity contribution in [2.75, 3.05) is 51.3 Å². The van der Waals surface area contributed by atoms with Gasteiger partial charge in [-0.2, -0.15) is 4.99 Å². The summed E-state index contributed by atoms with van der Waals surface area (Å²) < 4.78 is 6.36. The summed E-state index contributed by atoms with van der Waals surface area (Å²) in [4.78, 5) is 32.1. The first kappa shape index (κ1) is 24.0. The molecule has 0 bridgehead atoms. The lowest BCUT2D eigenvalue weighted by Gasteiger charge is -2.52. The van der Waals surface area contributed by atoms with Crippen molar-refractivity contribution in [2.45, 2.75) is 68.6 Å². The number of benzene rings is 1. The number of ether oxygens (including phenoxy) is 1. The van der Waals surface area contributed by atoms with Crippen molar-refractivity contribution >= 4 is 23.5 Å². The summed E-state index contributed by atoms with van der Waals surface area (Å²) in [6.45, 7) is 9.10. The molecule has 1 aromatic carbocycles. The maximum Gasteiger partial charge on any atom is 0.313 e. The van der Waals surface area contributed by atoms with Crippen LogP contribution in [0.2, 0.25) is 0 Å². The van der Waals surface area contributed by atoms with E-state index in [1.807, 2.05) is 4.90 Å². The maximum absolute atomic E-state index is 12.4. The summed E-state index contributed by atoms with van der Waals surface area (Å²) in [5, 5.41) is 0. The zero-order chi connectivity index (χ0) is 26.2. The van der Waals surface area contributed by atoms with Crippen molar-refractivity contribution in [3.8, 4) is 0 Å². The molecule has 1 aromatic rings. The third kappa shape index (κ3) is 3.85. The molecule has 7 atom stereocenters.